The third-order valence-corrected chi connectivity index (χ3v) is 3.09. The van der Waals surface area contributed by atoms with Crippen LogP contribution in [0.1, 0.15) is 16.1 Å². The number of amides is 1. The standard InChI is InChI=1S/C11H11N3OS/c1-6-3-2-4-7(5-6)11-14-8(9(12)15)10(13)16-11/h2-5H,13H2,1H3,(H2,12,15). The van der Waals surface area contributed by atoms with Crippen molar-refractivity contribution in [1.82, 2.24) is 4.98 Å². The van der Waals surface area contributed by atoms with Crippen LogP contribution in [0.25, 0.3) is 10.6 Å². The summed E-state index contributed by atoms with van der Waals surface area (Å²) in [5.74, 6) is -0.590. The fraction of sp³-hybridized carbons (Fsp3) is 0.0909. The molecule has 0 unspecified atom stereocenters. The van der Waals surface area contributed by atoms with E-state index >= 15 is 0 Å². The maximum absolute atomic E-state index is 11.0. The van der Waals surface area contributed by atoms with Crippen molar-refractivity contribution in [3.8, 4) is 10.6 Å². The zero-order valence-electron chi connectivity index (χ0n) is 8.73. The summed E-state index contributed by atoms with van der Waals surface area (Å²) in [4.78, 5) is 15.2. The number of rotatable bonds is 2. The fourth-order valence-electron chi connectivity index (χ4n) is 1.41. The van der Waals surface area contributed by atoms with Gasteiger partial charge in [-0.25, -0.2) is 4.98 Å². The smallest absolute Gasteiger partial charge is 0.270 e. The van der Waals surface area contributed by atoms with E-state index in [1.54, 1.807) is 0 Å². The van der Waals surface area contributed by atoms with E-state index in [1.807, 2.05) is 31.2 Å². The molecule has 0 aliphatic heterocycles. The van der Waals surface area contributed by atoms with Crippen molar-refractivity contribution in [3.63, 3.8) is 0 Å². The highest BCUT2D eigenvalue weighted by Crippen LogP contribution is 2.29. The number of nitrogens with two attached hydrogens (primary N) is 2. The van der Waals surface area contributed by atoms with Crippen LogP contribution in [-0.2, 0) is 0 Å². The van der Waals surface area contributed by atoms with Gasteiger partial charge in [-0.2, -0.15) is 0 Å². The lowest BCUT2D eigenvalue weighted by molar-refractivity contribution is 0.0997. The molecule has 1 aromatic heterocycles. The van der Waals surface area contributed by atoms with Gasteiger partial charge in [0.15, 0.2) is 5.69 Å². The molecule has 0 radical (unpaired) electrons. The molecule has 5 heteroatoms. The second kappa shape index (κ2) is 3.94. The molecule has 0 aliphatic carbocycles. The summed E-state index contributed by atoms with van der Waals surface area (Å²) < 4.78 is 0. The average molecular weight is 233 g/mol. The molecule has 1 amide bonds. The number of carbonyl (C=O) groups is 1. The molecule has 0 saturated carbocycles. The van der Waals surface area contributed by atoms with Crippen molar-refractivity contribution < 1.29 is 4.79 Å². The first kappa shape index (κ1) is 10.6. The van der Waals surface area contributed by atoms with Crippen LogP contribution in [0.2, 0.25) is 0 Å². The van der Waals surface area contributed by atoms with E-state index in [9.17, 15) is 4.79 Å². The Morgan fingerprint density at radius 3 is 2.75 bits per heavy atom. The molecule has 0 aliphatic rings. The van der Waals surface area contributed by atoms with Crippen LogP contribution in [0, 0.1) is 6.92 Å². The number of aryl methyl sites for hydroxylation is 1. The molecule has 0 spiro atoms. The number of nitrogens with zero attached hydrogens (tertiary/aromatic N) is 1. The highest BCUT2D eigenvalue weighted by Gasteiger charge is 2.14. The molecule has 1 heterocycles. The topological polar surface area (TPSA) is 82.0 Å². The molecular formula is C11H11N3OS. The Hall–Kier alpha value is -1.88. The van der Waals surface area contributed by atoms with Crippen LogP contribution in [0.15, 0.2) is 24.3 Å². The van der Waals surface area contributed by atoms with Crippen LogP contribution >= 0.6 is 11.3 Å². The summed E-state index contributed by atoms with van der Waals surface area (Å²) >= 11 is 1.27. The van der Waals surface area contributed by atoms with Gasteiger partial charge in [0.1, 0.15) is 10.0 Å². The van der Waals surface area contributed by atoms with Crippen molar-refractivity contribution in [1.29, 1.82) is 0 Å². The van der Waals surface area contributed by atoms with Gasteiger partial charge in [-0.1, -0.05) is 35.1 Å². The Morgan fingerprint density at radius 1 is 1.44 bits per heavy atom. The molecule has 1 aromatic carbocycles. The summed E-state index contributed by atoms with van der Waals surface area (Å²) in [6.45, 7) is 2.00. The van der Waals surface area contributed by atoms with Gasteiger partial charge in [0, 0.05) is 5.56 Å². The molecule has 16 heavy (non-hydrogen) atoms. The first-order valence-corrected chi connectivity index (χ1v) is 5.52. The molecular weight excluding hydrogens is 222 g/mol. The van der Waals surface area contributed by atoms with Gasteiger partial charge in [0.2, 0.25) is 0 Å². The Morgan fingerprint density at radius 2 is 2.19 bits per heavy atom. The molecule has 0 fully saturated rings. The number of hydrogen-bond donors (Lipinski definition) is 2. The second-order valence-corrected chi connectivity index (χ2v) is 4.50. The van der Waals surface area contributed by atoms with Crippen LogP contribution in [0.3, 0.4) is 0 Å². The van der Waals surface area contributed by atoms with Gasteiger partial charge < -0.3 is 11.5 Å². The molecule has 2 aromatic rings. The molecule has 82 valence electrons. The zero-order chi connectivity index (χ0) is 11.7. The average Bonchev–Trinajstić information content (AvgIpc) is 2.60. The minimum atomic E-state index is -0.590. The fourth-order valence-corrected chi connectivity index (χ4v) is 2.24. The molecule has 0 atom stereocenters. The van der Waals surface area contributed by atoms with Crippen LogP contribution in [-0.4, -0.2) is 10.9 Å². The predicted molar refractivity (Wildman–Crippen MR) is 65.2 cm³/mol. The monoisotopic (exact) mass is 233 g/mol. The van der Waals surface area contributed by atoms with E-state index in [0.29, 0.717) is 5.00 Å². The lowest BCUT2D eigenvalue weighted by Gasteiger charge is -1.96. The molecule has 0 bridgehead atoms. The predicted octanol–water partition coefficient (Wildman–Crippen LogP) is 1.80. The van der Waals surface area contributed by atoms with Gasteiger partial charge >= 0.3 is 0 Å². The number of hydrogen-bond acceptors (Lipinski definition) is 4. The normalized spacial score (nSPS) is 10.3. The quantitative estimate of drug-likeness (QED) is 0.829. The Kier molecular flexibility index (Phi) is 2.62. The van der Waals surface area contributed by atoms with Crippen molar-refractivity contribution in [2.75, 3.05) is 5.73 Å². The summed E-state index contributed by atoms with van der Waals surface area (Å²) in [7, 11) is 0. The maximum atomic E-state index is 11.0. The van der Waals surface area contributed by atoms with Gasteiger partial charge in [-0.3, -0.25) is 4.79 Å². The lowest BCUT2D eigenvalue weighted by Crippen LogP contribution is -2.13. The Bertz CT molecular complexity index is 548. The maximum Gasteiger partial charge on any atom is 0.270 e. The molecule has 0 saturated heterocycles. The lowest BCUT2D eigenvalue weighted by atomic mass is 10.1. The van der Waals surface area contributed by atoms with E-state index in [0.717, 1.165) is 16.1 Å². The Balaban J connectivity index is 2.49. The Labute approximate surface area is 96.9 Å². The third-order valence-electron chi connectivity index (χ3n) is 2.15. The highest BCUT2D eigenvalue weighted by molar-refractivity contribution is 7.19. The number of aromatic nitrogens is 1. The summed E-state index contributed by atoms with van der Waals surface area (Å²) in [6.07, 6.45) is 0. The largest absolute Gasteiger partial charge is 0.389 e. The summed E-state index contributed by atoms with van der Waals surface area (Å²) in [6, 6.07) is 7.85. The van der Waals surface area contributed by atoms with E-state index in [1.165, 1.54) is 11.3 Å². The molecule has 4 N–H and O–H groups in total. The van der Waals surface area contributed by atoms with E-state index < -0.39 is 5.91 Å². The molecule has 2 rings (SSSR count). The van der Waals surface area contributed by atoms with Gasteiger partial charge in [-0.15, -0.1) is 0 Å². The van der Waals surface area contributed by atoms with Crippen LogP contribution in [0.4, 0.5) is 5.00 Å². The third kappa shape index (κ3) is 1.90. The minimum absolute atomic E-state index is 0.154. The second-order valence-electron chi connectivity index (χ2n) is 3.47. The SMILES string of the molecule is Cc1cccc(-c2nc(C(N)=O)c(N)s2)c1. The van der Waals surface area contributed by atoms with E-state index in [-0.39, 0.29) is 5.69 Å². The van der Waals surface area contributed by atoms with E-state index in [4.69, 9.17) is 11.5 Å². The minimum Gasteiger partial charge on any atom is -0.389 e. The first-order chi connectivity index (χ1) is 7.58. The van der Waals surface area contributed by atoms with Gasteiger partial charge in [-0.05, 0) is 13.0 Å². The van der Waals surface area contributed by atoms with Crippen LogP contribution in [0.5, 0.6) is 0 Å². The summed E-state index contributed by atoms with van der Waals surface area (Å²) in [5, 5.41) is 1.08. The number of primary amides is 1. The number of anilines is 1. The number of thiazole rings is 1. The van der Waals surface area contributed by atoms with Crippen molar-refractivity contribution in [2.45, 2.75) is 6.92 Å². The zero-order valence-corrected chi connectivity index (χ0v) is 9.54. The van der Waals surface area contributed by atoms with Gasteiger partial charge in [0.25, 0.3) is 5.91 Å². The van der Waals surface area contributed by atoms with E-state index in [2.05, 4.69) is 4.98 Å². The number of benzene rings is 1. The highest BCUT2D eigenvalue weighted by atomic mass is 32.1. The molecule has 4 nitrogen and oxygen atoms in total. The number of carbonyl (C=O) groups excluding carboxylic acids is 1. The van der Waals surface area contributed by atoms with Crippen molar-refractivity contribution in [3.05, 3.63) is 35.5 Å². The van der Waals surface area contributed by atoms with Crippen LogP contribution < -0.4 is 11.5 Å². The van der Waals surface area contributed by atoms with Crippen molar-refractivity contribution >= 4 is 22.2 Å². The summed E-state index contributed by atoms with van der Waals surface area (Å²) in [5.41, 5.74) is 13.1. The van der Waals surface area contributed by atoms with Gasteiger partial charge in [0.05, 0.1) is 0 Å². The first-order valence-electron chi connectivity index (χ1n) is 4.71. The number of nitrogen functional groups attached to an aromatic ring is 1. The van der Waals surface area contributed by atoms with Crippen molar-refractivity contribution in [2.24, 2.45) is 5.73 Å².